The molecule has 1 aliphatic heterocycles. The van der Waals surface area contributed by atoms with Crippen LogP contribution in [0.3, 0.4) is 0 Å². The van der Waals surface area contributed by atoms with Crippen molar-refractivity contribution in [1.82, 2.24) is 34.6 Å². The number of piperidine rings is 1. The monoisotopic (exact) mass is 456 g/mol. The van der Waals surface area contributed by atoms with Crippen LogP contribution in [0, 0.1) is 6.92 Å². The first-order chi connectivity index (χ1) is 15.5. The fourth-order valence-electron chi connectivity index (χ4n) is 4.11. The van der Waals surface area contributed by atoms with Crippen LogP contribution in [-0.2, 0) is 0 Å². The predicted molar refractivity (Wildman–Crippen MR) is 116 cm³/mol. The van der Waals surface area contributed by atoms with E-state index in [1.807, 2.05) is 6.92 Å². The largest absolute Gasteiger partial charge is 0.338 e. The van der Waals surface area contributed by atoms with Crippen LogP contribution in [0.4, 0.5) is 10.3 Å². The zero-order valence-corrected chi connectivity index (χ0v) is 18.2. The van der Waals surface area contributed by atoms with Gasteiger partial charge in [-0.2, -0.15) is 9.78 Å². The van der Waals surface area contributed by atoms with Gasteiger partial charge in [0.1, 0.15) is 18.3 Å². The van der Waals surface area contributed by atoms with Crippen molar-refractivity contribution in [3.8, 4) is 5.82 Å². The van der Waals surface area contributed by atoms with Gasteiger partial charge in [-0.15, -0.1) is 0 Å². The maximum absolute atomic E-state index is 15.3. The minimum absolute atomic E-state index is 0.0707. The van der Waals surface area contributed by atoms with Crippen LogP contribution < -0.4 is 4.90 Å². The van der Waals surface area contributed by atoms with Gasteiger partial charge in [-0.3, -0.25) is 4.79 Å². The van der Waals surface area contributed by atoms with Crippen molar-refractivity contribution in [1.29, 1.82) is 0 Å². The highest BCUT2D eigenvalue weighted by Gasteiger charge is 2.43. The molecule has 5 rings (SSSR count). The number of pyridine rings is 1. The molecule has 0 N–H and O–H groups in total. The highest BCUT2D eigenvalue weighted by Crippen LogP contribution is 2.34. The van der Waals surface area contributed by atoms with E-state index < -0.39 is 12.2 Å². The number of aromatic nitrogens is 6. The Morgan fingerprint density at radius 2 is 1.91 bits per heavy atom. The summed E-state index contributed by atoms with van der Waals surface area (Å²) in [5.74, 6) is 1.54. The Morgan fingerprint density at radius 3 is 2.50 bits per heavy atom. The SMILES string of the molecule is Cc1ncnn1-c1ccc(C(=O)N(C2CC2)[C@@H]2CCN(c3ncc(Cl)cn3)C[C@@H]2F)cn1. The molecule has 0 spiro atoms. The Kier molecular flexibility index (Phi) is 5.46. The van der Waals surface area contributed by atoms with Crippen molar-refractivity contribution in [3.05, 3.63) is 53.5 Å². The summed E-state index contributed by atoms with van der Waals surface area (Å²) in [5, 5.41) is 4.56. The molecule has 32 heavy (non-hydrogen) atoms. The molecule has 1 saturated carbocycles. The van der Waals surface area contributed by atoms with E-state index in [0.29, 0.717) is 41.1 Å². The van der Waals surface area contributed by atoms with Gasteiger partial charge in [0.25, 0.3) is 5.91 Å². The molecule has 1 aliphatic carbocycles. The van der Waals surface area contributed by atoms with E-state index in [0.717, 1.165) is 12.8 Å². The lowest BCUT2D eigenvalue weighted by molar-refractivity contribution is 0.0486. The molecule has 4 heterocycles. The van der Waals surface area contributed by atoms with E-state index in [2.05, 4.69) is 25.0 Å². The molecular formula is C21H22ClFN8O. The van der Waals surface area contributed by atoms with Crippen LogP contribution in [0.1, 0.15) is 35.4 Å². The second kappa shape index (κ2) is 8.42. The van der Waals surface area contributed by atoms with Crippen molar-refractivity contribution in [2.45, 2.75) is 44.4 Å². The van der Waals surface area contributed by atoms with Gasteiger partial charge in [0.2, 0.25) is 5.95 Å². The molecule has 0 aromatic carbocycles. The van der Waals surface area contributed by atoms with E-state index in [9.17, 15) is 4.79 Å². The van der Waals surface area contributed by atoms with Gasteiger partial charge in [-0.1, -0.05) is 11.6 Å². The van der Waals surface area contributed by atoms with Crippen LogP contribution >= 0.6 is 11.6 Å². The number of anilines is 1. The zero-order valence-electron chi connectivity index (χ0n) is 17.5. The van der Waals surface area contributed by atoms with Crippen LogP contribution in [-0.4, -0.2) is 71.9 Å². The van der Waals surface area contributed by atoms with E-state index >= 15 is 4.39 Å². The van der Waals surface area contributed by atoms with Crippen LogP contribution in [0.2, 0.25) is 5.02 Å². The third-order valence-electron chi connectivity index (χ3n) is 5.86. The number of hydrogen-bond donors (Lipinski definition) is 0. The lowest BCUT2D eigenvalue weighted by Crippen LogP contribution is -2.55. The Labute approximate surface area is 189 Å². The first kappa shape index (κ1) is 20.7. The molecule has 2 atom stereocenters. The molecule has 1 amide bonds. The summed E-state index contributed by atoms with van der Waals surface area (Å²) in [7, 11) is 0. The normalized spacial score (nSPS) is 20.9. The summed E-state index contributed by atoms with van der Waals surface area (Å²) in [5.41, 5.74) is 0.439. The quantitative estimate of drug-likeness (QED) is 0.582. The first-order valence-corrected chi connectivity index (χ1v) is 10.9. The highest BCUT2D eigenvalue weighted by molar-refractivity contribution is 6.30. The summed E-state index contributed by atoms with van der Waals surface area (Å²) < 4.78 is 16.9. The summed E-state index contributed by atoms with van der Waals surface area (Å²) in [6.45, 7) is 2.52. The van der Waals surface area contributed by atoms with Crippen molar-refractivity contribution >= 4 is 23.5 Å². The average Bonchev–Trinajstić information content (AvgIpc) is 3.55. The lowest BCUT2D eigenvalue weighted by atomic mass is 10.00. The van der Waals surface area contributed by atoms with E-state index in [1.54, 1.807) is 26.6 Å². The number of rotatable bonds is 5. The predicted octanol–water partition coefficient (Wildman–Crippen LogP) is 2.64. The van der Waals surface area contributed by atoms with E-state index in [1.165, 1.54) is 24.9 Å². The molecule has 0 radical (unpaired) electrons. The van der Waals surface area contributed by atoms with Crippen molar-refractivity contribution in [3.63, 3.8) is 0 Å². The van der Waals surface area contributed by atoms with Crippen LogP contribution in [0.25, 0.3) is 5.82 Å². The second-order valence-electron chi connectivity index (χ2n) is 8.09. The number of alkyl halides is 1. The van der Waals surface area contributed by atoms with E-state index in [4.69, 9.17) is 11.6 Å². The maximum atomic E-state index is 15.3. The molecule has 0 unspecified atom stereocenters. The molecule has 3 aromatic heterocycles. The third kappa shape index (κ3) is 4.02. The summed E-state index contributed by atoms with van der Waals surface area (Å²) in [6, 6.07) is 3.02. The minimum atomic E-state index is -1.21. The molecule has 2 fully saturated rings. The van der Waals surface area contributed by atoms with Crippen molar-refractivity contribution in [2.75, 3.05) is 18.0 Å². The first-order valence-electron chi connectivity index (χ1n) is 10.5. The van der Waals surface area contributed by atoms with Gasteiger partial charge in [0.05, 0.1) is 35.6 Å². The minimum Gasteiger partial charge on any atom is -0.338 e. The summed E-state index contributed by atoms with van der Waals surface area (Å²) in [6.07, 6.45) is 7.05. The average molecular weight is 457 g/mol. The lowest BCUT2D eigenvalue weighted by Gasteiger charge is -2.41. The number of amides is 1. The van der Waals surface area contributed by atoms with Crippen LogP contribution in [0.5, 0.6) is 0 Å². The van der Waals surface area contributed by atoms with Crippen molar-refractivity contribution in [2.24, 2.45) is 0 Å². The Hall–Kier alpha value is -3.14. The van der Waals surface area contributed by atoms with Gasteiger partial charge in [-0.05, 0) is 38.3 Å². The molecular weight excluding hydrogens is 435 g/mol. The summed E-state index contributed by atoms with van der Waals surface area (Å²) >= 11 is 5.85. The van der Waals surface area contributed by atoms with Gasteiger partial charge in [0, 0.05) is 18.8 Å². The Balaban J connectivity index is 1.32. The molecule has 2 aliphatic rings. The molecule has 11 heteroatoms. The Morgan fingerprint density at radius 1 is 1.12 bits per heavy atom. The molecule has 9 nitrogen and oxygen atoms in total. The van der Waals surface area contributed by atoms with Gasteiger partial charge < -0.3 is 9.80 Å². The number of halogens is 2. The number of nitrogens with zero attached hydrogens (tertiary/aromatic N) is 8. The van der Waals surface area contributed by atoms with Gasteiger partial charge >= 0.3 is 0 Å². The standard InChI is InChI=1S/C21H22ClFN8O/c1-13-27-12-28-31(13)19-5-2-14(8-24-19)20(32)30(16-3-4-16)18-6-7-29(11-17(18)23)21-25-9-15(22)10-26-21/h2,5,8-10,12,16-18H,3-4,6-7,11H2,1H3/t17-,18+/m0/s1. The van der Waals surface area contributed by atoms with Crippen molar-refractivity contribution < 1.29 is 9.18 Å². The molecule has 1 saturated heterocycles. The topological polar surface area (TPSA) is 92.9 Å². The summed E-state index contributed by atoms with van der Waals surface area (Å²) in [4.78, 5) is 33.7. The molecule has 3 aromatic rings. The third-order valence-corrected chi connectivity index (χ3v) is 6.05. The zero-order chi connectivity index (χ0) is 22.2. The van der Waals surface area contributed by atoms with Gasteiger partial charge in [-0.25, -0.2) is 24.3 Å². The number of hydrogen-bond acceptors (Lipinski definition) is 7. The van der Waals surface area contributed by atoms with E-state index in [-0.39, 0.29) is 18.5 Å². The smallest absolute Gasteiger partial charge is 0.256 e. The number of carbonyl (C=O) groups excluding carboxylic acids is 1. The second-order valence-corrected chi connectivity index (χ2v) is 8.52. The highest BCUT2D eigenvalue weighted by atomic mass is 35.5. The Bertz CT molecular complexity index is 1100. The van der Waals surface area contributed by atoms with Gasteiger partial charge in [0.15, 0.2) is 5.82 Å². The molecule has 0 bridgehead atoms. The fraction of sp³-hybridized carbons (Fsp3) is 0.429. The van der Waals surface area contributed by atoms with Crippen LogP contribution in [0.15, 0.2) is 37.1 Å². The number of aryl methyl sites for hydroxylation is 1. The molecule has 166 valence electrons. The fourth-order valence-corrected chi connectivity index (χ4v) is 4.20. The maximum Gasteiger partial charge on any atom is 0.256 e. The number of carbonyl (C=O) groups is 1.